The van der Waals surface area contributed by atoms with Crippen LogP contribution in [0.5, 0.6) is 0 Å². The number of para-hydroxylation sites is 2. The lowest BCUT2D eigenvalue weighted by Crippen LogP contribution is -2.46. The lowest BCUT2D eigenvalue weighted by molar-refractivity contribution is 0.241. The van der Waals surface area contributed by atoms with E-state index in [9.17, 15) is 4.39 Å². The van der Waals surface area contributed by atoms with Crippen molar-refractivity contribution in [2.75, 3.05) is 31.1 Å². The standard InChI is InChI=1S/C19H20ClFN4/c1-23-18-5-3-2-4-16(18)22-19(23)13-24-8-10-25(11-9-24)17-7-6-14(20)12-15(17)21/h2-7,12H,8-11,13H2,1H3. The summed E-state index contributed by atoms with van der Waals surface area (Å²) in [4.78, 5) is 9.19. The number of hydrogen-bond acceptors (Lipinski definition) is 3. The van der Waals surface area contributed by atoms with Gasteiger partial charge in [0.05, 0.1) is 23.3 Å². The van der Waals surface area contributed by atoms with E-state index in [-0.39, 0.29) is 5.82 Å². The molecular formula is C19H20ClFN4. The predicted molar refractivity (Wildman–Crippen MR) is 99.6 cm³/mol. The first-order valence-corrected chi connectivity index (χ1v) is 8.82. The van der Waals surface area contributed by atoms with Crippen LogP contribution in [0.2, 0.25) is 5.02 Å². The average Bonchev–Trinajstić information content (AvgIpc) is 2.92. The molecule has 1 aliphatic heterocycles. The van der Waals surface area contributed by atoms with Gasteiger partial charge in [-0.3, -0.25) is 4.90 Å². The lowest BCUT2D eigenvalue weighted by atomic mass is 10.2. The Labute approximate surface area is 151 Å². The van der Waals surface area contributed by atoms with Crippen LogP contribution in [0.15, 0.2) is 42.5 Å². The molecule has 2 heterocycles. The second-order valence-electron chi connectivity index (χ2n) is 6.43. The third-order valence-corrected chi connectivity index (χ3v) is 5.10. The summed E-state index contributed by atoms with van der Waals surface area (Å²) in [6.45, 7) is 4.16. The van der Waals surface area contributed by atoms with E-state index in [2.05, 4.69) is 27.5 Å². The van der Waals surface area contributed by atoms with Crippen molar-refractivity contribution in [2.24, 2.45) is 7.05 Å². The minimum atomic E-state index is -0.253. The molecule has 25 heavy (non-hydrogen) atoms. The Hall–Kier alpha value is -2.11. The topological polar surface area (TPSA) is 24.3 Å². The number of aromatic nitrogens is 2. The monoisotopic (exact) mass is 358 g/mol. The van der Waals surface area contributed by atoms with Crippen LogP contribution in [0.4, 0.5) is 10.1 Å². The first-order valence-electron chi connectivity index (χ1n) is 8.44. The quantitative estimate of drug-likeness (QED) is 0.713. The smallest absolute Gasteiger partial charge is 0.147 e. The van der Waals surface area contributed by atoms with Crippen molar-refractivity contribution in [3.8, 4) is 0 Å². The van der Waals surface area contributed by atoms with Crippen molar-refractivity contribution in [2.45, 2.75) is 6.54 Å². The molecule has 0 aliphatic carbocycles. The van der Waals surface area contributed by atoms with Crippen LogP contribution in [0.1, 0.15) is 5.82 Å². The van der Waals surface area contributed by atoms with Gasteiger partial charge in [-0.05, 0) is 30.3 Å². The molecule has 1 aliphatic rings. The zero-order chi connectivity index (χ0) is 17.4. The lowest BCUT2D eigenvalue weighted by Gasteiger charge is -2.36. The number of benzene rings is 2. The molecule has 130 valence electrons. The number of rotatable bonds is 3. The minimum absolute atomic E-state index is 0.253. The molecule has 2 aromatic carbocycles. The van der Waals surface area contributed by atoms with Crippen molar-refractivity contribution in [3.05, 3.63) is 59.1 Å². The maximum Gasteiger partial charge on any atom is 0.147 e. The number of hydrogen-bond donors (Lipinski definition) is 0. The van der Waals surface area contributed by atoms with Crippen molar-refractivity contribution in [1.29, 1.82) is 0 Å². The molecule has 0 spiro atoms. The van der Waals surface area contributed by atoms with Crippen LogP contribution in [0.3, 0.4) is 0 Å². The normalized spacial score (nSPS) is 15.9. The van der Waals surface area contributed by atoms with Crippen LogP contribution in [0.25, 0.3) is 11.0 Å². The summed E-state index contributed by atoms with van der Waals surface area (Å²) in [5, 5.41) is 0.432. The molecule has 0 unspecified atom stereocenters. The molecular weight excluding hydrogens is 339 g/mol. The molecule has 4 nitrogen and oxygen atoms in total. The largest absolute Gasteiger partial charge is 0.367 e. The van der Waals surface area contributed by atoms with Crippen LogP contribution < -0.4 is 4.90 Å². The first-order chi connectivity index (χ1) is 12.1. The summed E-state index contributed by atoms with van der Waals surface area (Å²) in [6, 6.07) is 13.1. The van der Waals surface area contributed by atoms with E-state index < -0.39 is 0 Å². The van der Waals surface area contributed by atoms with Crippen molar-refractivity contribution in [1.82, 2.24) is 14.5 Å². The van der Waals surface area contributed by atoms with Crippen molar-refractivity contribution < 1.29 is 4.39 Å². The summed E-state index contributed by atoms with van der Waals surface area (Å²) in [6.07, 6.45) is 0. The Bertz CT molecular complexity index is 900. The number of piperazine rings is 1. The zero-order valence-electron chi connectivity index (χ0n) is 14.1. The van der Waals surface area contributed by atoms with Gasteiger partial charge in [-0.1, -0.05) is 23.7 Å². The highest BCUT2D eigenvalue weighted by atomic mass is 35.5. The van der Waals surface area contributed by atoms with Gasteiger partial charge in [-0.2, -0.15) is 0 Å². The van der Waals surface area contributed by atoms with Gasteiger partial charge < -0.3 is 9.47 Å². The first kappa shape index (κ1) is 16.4. The molecule has 1 saturated heterocycles. The molecule has 0 atom stereocenters. The van der Waals surface area contributed by atoms with Gasteiger partial charge in [-0.15, -0.1) is 0 Å². The fourth-order valence-electron chi connectivity index (χ4n) is 3.42. The fraction of sp³-hybridized carbons (Fsp3) is 0.316. The van der Waals surface area contributed by atoms with Crippen LogP contribution in [-0.2, 0) is 13.6 Å². The maximum absolute atomic E-state index is 14.1. The molecule has 1 aromatic heterocycles. The van der Waals surface area contributed by atoms with E-state index in [1.54, 1.807) is 12.1 Å². The van der Waals surface area contributed by atoms with Gasteiger partial charge in [0, 0.05) is 38.2 Å². The summed E-state index contributed by atoms with van der Waals surface area (Å²) in [7, 11) is 2.06. The number of imidazole rings is 1. The summed E-state index contributed by atoms with van der Waals surface area (Å²) in [5.74, 6) is 0.809. The molecule has 4 rings (SSSR count). The van der Waals surface area contributed by atoms with Gasteiger partial charge in [-0.25, -0.2) is 9.37 Å². The van der Waals surface area contributed by atoms with E-state index in [0.717, 1.165) is 49.6 Å². The molecule has 1 fully saturated rings. The SMILES string of the molecule is Cn1c(CN2CCN(c3ccc(Cl)cc3F)CC2)nc2ccccc21. The summed E-state index contributed by atoms with van der Waals surface area (Å²) < 4.78 is 16.3. The van der Waals surface area contributed by atoms with Gasteiger partial charge in [0.1, 0.15) is 11.6 Å². The van der Waals surface area contributed by atoms with Gasteiger partial charge >= 0.3 is 0 Å². The number of halogens is 2. The highest BCUT2D eigenvalue weighted by molar-refractivity contribution is 6.30. The zero-order valence-corrected chi connectivity index (χ0v) is 14.9. The van der Waals surface area contributed by atoms with E-state index in [1.807, 2.05) is 18.2 Å². The Kier molecular flexibility index (Phi) is 4.36. The number of fused-ring (bicyclic) bond motifs is 1. The van der Waals surface area contributed by atoms with E-state index >= 15 is 0 Å². The fourth-order valence-corrected chi connectivity index (χ4v) is 3.58. The van der Waals surface area contributed by atoms with Crippen LogP contribution in [0, 0.1) is 5.82 Å². The van der Waals surface area contributed by atoms with E-state index in [4.69, 9.17) is 16.6 Å². The predicted octanol–water partition coefficient (Wildman–Crippen LogP) is 3.69. The second-order valence-corrected chi connectivity index (χ2v) is 6.87. The highest BCUT2D eigenvalue weighted by Gasteiger charge is 2.21. The Morgan fingerprint density at radius 1 is 1.08 bits per heavy atom. The number of anilines is 1. The second kappa shape index (κ2) is 6.65. The molecule has 0 radical (unpaired) electrons. The van der Waals surface area contributed by atoms with E-state index in [1.165, 1.54) is 6.07 Å². The molecule has 0 bridgehead atoms. The highest BCUT2D eigenvalue weighted by Crippen LogP contribution is 2.24. The minimum Gasteiger partial charge on any atom is -0.367 e. The Morgan fingerprint density at radius 3 is 2.56 bits per heavy atom. The van der Waals surface area contributed by atoms with Gasteiger partial charge in [0.15, 0.2) is 0 Å². The summed E-state index contributed by atoms with van der Waals surface area (Å²) >= 11 is 5.84. The summed E-state index contributed by atoms with van der Waals surface area (Å²) in [5.41, 5.74) is 2.81. The molecule has 0 N–H and O–H groups in total. The number of nitrogens with zero attached hydrogens (tertiary/aromatic N) is 4. The van der Waals surface area contributed by atoms with Crippen LogP contribution >= 0.6 is 11.6 Å². The van der Waals surface area contributed by atoms with Crippen molar-refractivity contribution >= 4 is 28.3 Å². The molecule has 6 heteroatoms. The van der Waals surface area contributed by atoms with Crippen molar-refractivity contribution in [3.63, 3.8) is 0 Å². The Balaban J connectivity index is 1.44. The molecule has 0 saturated carbocycles. The van der Waals surface area contributed by atoms with Gasteiger partial charge in [0.2, 0.25) is 0 Å². The average molecular weight is 359 g/mol. The van der Waals surface area contributed by atoms with Crippen LogP contribution in [-0.4, -0.2) is 40.6 Å². The maximum atomic E-state index is 14.1. The number of aryl methyl sites for hydroxylation is 1. The third kappa shape index (κ3) is 3.22. The molecule has 3 aromatic rings. The third-order valence-electron chi connectivity index (χ3n) is 4.87. The van der Waals surface area contributed by atoms with E-state index in [0.29, 0.717) is 10.7 Å². The Morgan fingerprint density at radius 2 is 1.84 bits per heavy atom. The molecule has 0 amide bonds. The van der Waals surface area contributed by atoms with Gasteiger partial charge in [0.25, 0.3) is 0 Å².